The smallest absolute Gasteiger partial charge is 0.163 e. The third-order valence-electron chi connectivity index (χ3n) is 4.44. The molecule has 1 aliphatic rings. The summed E-state index contributed by atoms with van der Waals surface area (Å²) >= 11 is 0. The number of hydrogen-bond acceptors (Lipinski definition) is 3. The summed E-state index contributed by atoms with van der Waals surface area (Å²) in [7, 11) is 0. The van der Waals surface area contributed by atoms with Crippen molar-refractivity contribution in [3.8, 4) is 0 Å². The first-order valence-corrected chi connectivity index (χ1v) is 7.03. The van der Waals surface area contributed by atoms with Crippen molar-refractivity contribution in [3.05, 3.63) is 35.4 Å². The predicted octanol–water partition coefficient (Wildman–Crippen LogP) is 2.47. The van der Waals surface area contributed by atoms with Crippen LogP contribution in [0.2, 0.25) is 0 Å². The quantitative estimate of drug-likeness (QED) is 0.923. The van der Waals surface area contributed by atoms with Crippen LogP contribution in [0, 0.1) is 11.6 Å². The second-order valence-corrected chi connectivity index (χ2v) is 5.43. The molecule has 1 aromatic carbocycles. The van der Waals surface area contributed by atoms with E-state index in [1.165, 1.54) is 6.07 Å². The van der Waals surface area contributed by atoms with E-state index in [4.69, 9.17) is 10.5 Å². The summed E-state index contributed by atoms with van der Waals surface area (Å²) in [5.74, 6) is -1.69. The second kappa shape index (κ2) is 6.16. The summed E-state index contributed by atoms with van der Waals surface area (Å²) in [6.07, 6.45) is 0.754. The molecule has 0 amide bonds. The van der Waals surface area contributed by atoms with Crippen LogP contribution in [0.1, 0.15) is 31.9 Å². The molecule has 1 heterocycles. The maximum atomic E-state index is 14.0. The van der Waals surface area contributed by atoms with Crippen LogP contribution in [0.5, 0.6) is 0 Å². The number of benzene rings is 1. The molecule has 0 saturated carbocycles. The van der Waals surface area contributed by atoms with Gasteiger partial charge in [-0.25, -0.2) is 8.78 Å². The van der Waals surface area contributed by atoms with Crippen LogP contribution in [-0.2, 0) is 4.74 Å². The molecule has 1 aromatic rings. The predicted molar refractivity (Wildman–Crippen MR) is 74.4 cm³/mol. The number of morpholine rings is 1. The Morgan fingerprint density at radius 2 is 2.00 bits per heavy atom. The number of nitrogens with two attached hydrogens (primary N) is 1. The summed E-state index contributed by atoms with van der Waals surface area (Å²) in [5.41, 5.74) is 6.11. The van der Waals surface area contributed by atoms with Crippen molar-refractivity contribution in [2.75, 3.05) is 26.3 Å². The average Bonchev–Trinajstić information content (AvgIpc) is 2.49. The standard InChI is InChI=1S/C15H22F2N2O/c1-3-15(2,19-7-9-20-10-8-19)14(18)11-5-4-6-12(16)13(11)17/h4-6,14H,3,7-10,18H2,1-2H3. The van der Waals surface area contributed by atoms with E-state index < -0.39 is 23.2 Å². The second-order valence-electron chi connectivity index (χ2n) is 5.43. The van der Waals surface area contributed by atoms with E-state index in [2.05, 4.69) is 4.90 Å². The van der Waals surface area contributed by atoms with Gasteiger partial charge in [-0.3, -0.25) is 4.90 Å². The monoisotopic (exact) mass is 284 g/mol. The third-order valence-corrected chi connectivity index (χ3v) is 4.44. The zero-order valence-electron chi connectivity index (χ0n) is 12.0. The SMILES string of the molecule is CCC(C)(C(N)c1cccc(F)c1F)N1CCOCC1. The van der Waals surface area contributed by atoms with Gasteiger partial charge in [0.15, 0.2) is 11.6 Å². The Kier molecular flexibility index (Phi) is 4.73. The van der Waals surface area contributed by atoms with E-state index in [9.17, 15) is 8.78 Å². The Balaban J connectivity index is 2.32. The molecule has 0 aromatic heterocycles. The Labute approximate surface area is 118 Å². The highest BCUT2D eigenvalue weighted by Gasteiger charge is 2.39. The van der Waals surface area contributed by atoms with Gasteiger partial charge in [-0.2, -0.15) is 0 Å². The normalized spacial score (nSPS) is 21.4. The van der Waals surface area contributed by atoms with Crippen molar-refractivity contribution in [1.29, 1.82) is 0 Å². The average molecular weight is 284 g/mol. The van der Waals surface area contributed by atoms with E-state index in [0.29, 0.717) is 13.2 Å². The number of rotatable bonds is 4. The molecule has 0 spiro atoms. The number of hydrogen-bond donors (Lipinski definition) is 1. The maximum absolute atomic E-state index is 14.0. The topological polar surface area (TPSA) is 38.5 Å². The minimum absolute atomic E-state index is 0.237. The van der Waals surface area contributed by atoms with Crippen molar-refractivity contribution in [3.63, 3.8) is 0 Å². The fourth-order valence-electron chi connectivity index (χ4n) is 2.81. The first-order valence-electron chi connectivity index (χ1n) is 7.03. The Hall–Kier alpha value is -1.04. The highest BCUT2D eigenvalue weighted by atomic mass is 19.2. The lowest BCUT2D eigenvalue weighted by molar-refractivity contribution is -0.0282. The van der Waals surface area contributed by atoms with Gasteiger partial charge in [-0.15, -0.1) is 0 Å². The molecule has 0 radical (unpaired) electrons. The van der Waals surface area contributed by atoms with Gasteiger partial charge in [-0.1, -0.05) is 19.1 Å². The summed E-state index contributed by atoms with van der Waals surface area (Å²) in [4.78, 5) is 2.21. The Morgan fingerprint density at radius 1 is 1.35 bits per heavy atom. The van der Waals surface area contributed by atoms with E-state index in [1.54, 1.807) is 6.07 Å². The van der Waals surface area contributed by atoms with Crippen LogP contribution in [0.3, 0.4) is 0 Å². The lowest BCUT2D eigenvalue weighted by atomic mass is 9.83. The summed E-state index contributed by atoms with van der Waals surface area (Å²) < 4.78 is 32.7. The molecule has 2 N–H and O–H groups in total. The highest BCUT2D eigenvalue weighted by molar-refractivity contribution is 5.25. The van der Waals surface area contributed by atoms with Gasteiger partial charge in [0.25, 0.3) is 0 Å². The molecule has 3 nitrogen and oxygen atoms in total. The van der Waals surface area contributed by atoms with Gasteiger partial charge in [0, 0.05) is 24.2 Å². The van der Waals surface area contributed by atoms with Crippen LogP contribution in [-0.4, -0.2) is 36.7 Å². The molecule has 5 heteroatoms. The Morgan fingerprint density at radius 3 is 2.60 bits per heavy atom. The lowest BCUT2D eigenvalue weighted by Crippen LogP contribution is -2.56. The van der Waals surface area contributed by atoms with Gasteiger partial charge in [0.2, 0.25) is 0 Å². The lowest BCUT2D eigenvalue weighted by Gasteiger charge is -2.46. The van der Waals surface area contributed by atoms with E-state index in [1.807, 2.05) is 13.8 Å². The Bertz CT molecular complexity index is 463. The molecule has 20 heavy (non-hydrogen) atoms. The van der Waals surface area contributed by atoms with E-state index >= 15 is 0 Å². The van der Waals surface area contributed by atoms with Crippen LogP contribution in [0.25, 0.3) is 0 Å². The number of ether oxygens (including phenoxy) is 1. The highest BCUT2D eigenvalue weighted by Crippen LogP contribution is 2.34. The van der Waals surface area contributed by atoms with Crippen molar-refractivity contribution in [2.45, 2.75) is 31.8 Å². The van der Waals surface area contributed by atoms with Crippen LogP contribution in [0.15, 0.2) is 18.2 Å². The minimum Gasteiger partial charge on any atom is -0.379 e. The largest absolute Gasteiger partial charge is 0.379 e. The van der Waals surface area contributed by atoms with Crippen molar-refractivity contribution in [1.82, 2.24) is 4.90 Å². The zero-order chi connectivity index (χ0) is 14.8. The van der Waals surface area contributed by atoms with Crippen LogP contribution >= 0.6 is 0 Å². The summed E-state index contributed by atoms with van der Waals surface area (Å²) in [6, 6.07) is 3.60. The molecule has 1 fully saturated rings. The van der Waals surface area contributed by atoms with Crippen LogP contribution < -0.4 is 5.73 Å². The molecular weight excluding hydrogens is 262 g/mol. The maximum Gasteiger partial charge on any atom is 0.163 e. The molecule has 0 bridgehead atoms. The van der Waals surface area contributed by atoms with Gasteiger partial charge in [-0.05, 0) is 19.4 Å². The molecule has 2 unspecified atom stereocenters. The van der Waals surface area contributed by atoms with Crippen molar-refractivity contribution in [2.24, 2.45) is 5.73 Å². The molecule has 1 saturated heterocycles. The number of halogens is 2. The van der Waals surface area contributed by atoms with Crippen molar-refractivity contribution < 1.29 is 13.5 Å². The van der Waals surface area contributed by atoms with Gasteiger partial charge < -0.3 is 10.5 Å². The van der Waals surface area contributed by atoms with Crippen molar-refractivity contribution >= 4 is 0 Å². The first kappa shape index (κ1) is 15.4. The molecule has 2 rings (SSSR count). The zero-order valence-corrected chi connectivity index (χ0v) is 12.0. The van der Waals surface area contributed by atoms with Gasteiger partial charge >= 0.3 is 0 Å². The van der Waals surface area contributed by atoms with E-state index in [-0.39, 0.29) is 5.56 Å². The summed E-state index contributed by atoms with van der Waals surface area (Å²) in [6.45, 7) is 6.84. The minimum atomic E-state index is -0.849. The van der Waals surface area contributed by atoms with Crippen LogP contribution in [0.4, 0.5) is 8.78 Å². The molecule has 0 aliphatic carbocycles. The fourth-order valence-corrected chi connectivity index (χ4v) is 2.81. The molecular formula is C15H22F2N2O. The molecule has 2 atom stereocenters. The summed E-state index contributed by atoms with van der Waals surface area (Å²) in [5, 5.41) is 0. The van der Waals surface area contributed by atoms with Gasteiger partial charge in [0.05, 0.1) is 19.3 Å². The van der Waals surface area contributed by atoms with Gasteiger partial charge in [0.1, 0.15) is 0 Å². The third kappa shape index (κ3) is 2.71. The number of nitrogens with zero attached hydrogens (tertiary/aromatic N) is 1. The molecule has 1 aliphatic heterocycles. The first-order chi connectivity index (χ1) is 9.50. The van der Waals surface area contributed by atoms with E-state index in [0.717, 1.165) is 25.6 Å². The fraction of sp³-hybridized carbons (Fsp3) is 0.600. The molecule has 112 valence electrons.